The van der Waals surface area contributed by atoms with Gasteiger partial charge >= 0.3 is 0 Å². The molecule has 4 heteroatoms. The molecule has 0 amide bonds. The number of pyridine rings is 1. The minimum Gasteiger partial charge on any atom is -0.473 e. The van der Waals surface area contributed by atoms with E-state index < -0.39 is 0 Å². The van der Waals surface area contributed by atoms with Crippen LogP contribution in [0.5, 0.6) is 5.88 Å². The van der Waals surface area contributed by atoms with E-state index in [0.29, 0.717) is 16.5 Å². The number of rotatable bonds is 2. The largest absolute Gasteiger partial charge is 0.473 e. The lowest BCUT2D eigenvalue weighted by molar-refractivity contribution is 0.149. The highest BCUT2D eigenvalue weighted by atomic mass is 35.5. The second-order valence-corrected chi connectivity index (χ2v) is 4.35. The molecule has 1 aliphatic rings. The van der Waals surface area contributed by atoms with Crippen molar-refractivity contribution in [3.05, 3.63) is 22.8 Å². The van der Waals surface area contributed by atoms with E-state index in [0.717, 1.165) is 12.8 Å². The Morgan fingerprint density at radius 3 is 2.81 bits per heavy atom. The summed E-state index contributed by atoms with van der Waals surface area (Å²) in [6.45, 7) is 0. The molecule has 3 nitrogen and oxygen atoms in total. The third-order valence-electron chi connectivity index (χ3n) is 2.81. The van der Waals surface area contributed by atoms with Crippen LogP contribution in [0.3, 0.4) is 0 Å². The minimum absolute atomic E-state index is 0.202. The van der Waals surface area contributed by atoms with Crippen LogP contribution in [0.15, 0.2) is 12.3 Å². The standard InChI is InChI=1S/C12H13ClN2O/c13-11-9(8-14)6-7-15-12(11)16-10-4-2-1-3-5-10/h6-7,10H,1-5H2. The molecule has 2 rings (SSSR count). The number of halogens is 1. The topological polar surface area (TPSA) is 45.9 Å². The summed E-state index contributed by atoms with van der Waals surface area (Å²) in [4.78, 5) is 4.08. The Morgan fingerprint density at radius 2 is 2.12 bits per heavy atom. The van der Waals surface area contributed by atoms with Gasteiger partial charge in [-0.1, -0.05) is 18.0 Å². The van der Waals surface area contributed by atoms with E-state index >= 15 is 0 Å². The Labute approximate surface area is 100 Å². The molecule has 1 aliphatic carbocycles. The normalized spacial score (nSPS) is 16.8. The monoisotopic (exact) mass is 236 g/mol. The van der Waals surface area contributed by atoms with Gasteiger partial charge in [-0.25, -0.2) is 4.98 Å². The third-order valence-corrected chi connectivity index (χ3v) is 3.17. The average Bonchev–Trinajstić information content (AvgIpc) is 2.33. The number of nitriles is 1. The van der Waals surface area contributed by atoms with Gasteiger partial charge in [0.1, 0.15) is 17.2 Å². The van der Waals surface area contributed by atoms with Crippen LogP contribution in [-0.2, 0) is 0 Å². The molecule has 0 N–H and O–H groups in total. The summed E-state index contributed by atoms with van der Waals surface area (Å²) in [6, 6.07) is 3.61. The van der Waals surface area contributed by atoms with Crippen molar-refractivity contribution in [3.63, 3.8) is 0 Å². The van der Waals surface area contributed by atoms with Crippen molar-refractivity contribution in [1.29, 1.82) is 5.26 Å². The minimum atomic E-state index is 0.202. The van der Waals surface area contributed by atoms with Crippen LogP contribution in [0, 0.1) is 11.3 Å². The van der Waals surface area contributed by atoms with E-state index in [1.165, 1.54) is 19.3 Å². The van der Waals surface area contributed by atoms with Gasteiger partial charge in [0.2, 0.25) is 5.88 Å². The van der Waals surface area contributed by atoms with Crippen molar-refractivity contribution >= 4 is 11.6 Å². The maximum atomic E-state index is 8.83. The number of nitrogens with zero attached hydrogens (tertiary/aromatic N) is 2. The van der Waals surface area contributed by atoms with E-state index in [9.17, 15) is 0 Å². The van der Waals surface area contributed by atoms with Gasteiger partial charge in [0.15, 0.2) is 0 Å². The number of hydrogen-bond donors (Lipinski definition) is 0. The second kappa shape index (κ2) is 5.18. The average molecular weight is 237 g/mol. The number of ether oxygens (including phenoxy) is 1. The third kappa shape index (κ3) is 2.45. The maximum Gasteiger partial charge on any atom is 0.234 e. The quantitative estimate of drug-likeness (QED) is 0.791. The zero-order valence-electron chi connectivity index (χ0n) is 8.95. The molecular weight excluding hydrogens is 224 g/mol. The molecule has 0 saturated heterocycles. The molecule has 1 heterocycles. The van der Waals surface area contributed by atoms with Crippen molar-refractivity contribution in [2.24, 2.45) is 0 Å². The highest BCUT2D eigenvalue weighted by Crippen LogP contribution is 2.29. The second-order valence-electron chi connectivity index (χ2n) is 3.97. The van der Waals surface area contributed by atoms with Crippen LogP contribution in [0.1, 0.15) is 37.7 Å². The van der Waals surface area contributed by atoms with Crippen LogP contribution in [0.2, 0.25) is 5.02 Å². The fourth-order valence-corrected chi connectivity index (χ4v) is 2.13. The Morgan fingerprint density at radius 1 is 1.38 bits per heavy atom. The predicted molar refractivity (Wildman–Crippen MR) is 61.5 cm³/mol. The first-order valence-electron chi connectivity index (χ1n) is 5.52. The lowest BCUT2D eigenvalue weighted by Gasteiger charge is -2.22. The van der Waals surface area contributed by atoms with Gasteiger partial charge in [-0.05, 0) is 31.7 Å². The molecular formula is C12H13ClN2O. The fourth-order valence-electron chi connectivity index (χ4n) is 1.93. The first-order chi connectivity index (χ1) is 7.81. The highest BCUT2D eigenvalue weighted by Gasteiger charge is 2.17. The van der Waals surface area contributed by atoms with Crippen LogP contribution in [0.4, 0.5) is 0 Å². The molecule has 0 radical (unpaired) electrons. The van der Waals surface area contributed by atoms with Gasteiger partial charge in [0.05, 0.1) is 5.56 Å². The molecule has 1 aromatic heterocycles. The molecule has 0 unspecified atom stereocenters. The molecule has 0 bridgehead atoms. The Balaban J connectivity index is 2.12. The summed E-state index contributed by atoms with van der Waals surface area (Å²) >= 11 is 6.02. The summed E-state index contributed by atoms with van der Waals surface area (Å²) in [6.07, 6.45) is 7.53. The summed E-state index contributed by atoms with van der Waals surface area (Å²) in [7, 11) is 0. The molecule has 0 aromatic carbocycles. The molecule has 84 valence electrons. The molecule has 0 aliphatic heterocycles. The molecule has 1 saturated carbocycles. The SMILES string of the molecule is N#Cc1ccnc(OC2CCCCC2)c1Cl. The van der Waals surface area contributed by atoms with E-state index in [2.05, 4.69) is 4.98 Å². The first kappa shape index (κ1) is 11.2. The van der Waals surface area contributed by atoms with Gasteiger partial charge in [-0.15, -0.1) is 0 Å². The van der Waals surface area contributed by atoms with Crippen molar-refractivity contribution in [3.8, 4) is 11.9 Å². The molecule has 16 heavy (non-hydrogen) atoms. The van der Waals surface area contributed by atoms with Gasteiger partial charge in [-0.3, -0.25) is 0 Å². The molecule has 1 aromatic rings. The van der Waals surface area contributed by atoms with Crippen LogP contribution in [-0.4, -0.2) is 11.1 Å². The summed E-state index contributed by atoms with van der Waals surface area (Å²) in [5.74, 6) is 0.396. The summed E-state index contributed by atoms with van der Waals surface area (Å²) in [5.41, 5.74) is 0.419. The van der Waals surface area contributed by atoms with Crippen LogP contribution < -0.4 is 4.74 Å². The summed E-state index contributed by atoms with van der Waals surface area (Å²) < 4.78 is 5.73. The van der Waals surface area contributed by atoms with Crippen molar-refractivity contribution in [1.82, 2.24) is 4.98 Å². The smallest absolute Gasteiger partial charge is 0.234 e. The first-order valence-corrected chi connectivity index (χ1v) is 5.90. The van der Waals surface area contributed by atoms with Gasteiger partial charge in [0.25, 0.3) is 0 Å². The van der Waals surface area contributed by atoms with Crippen molar-refractivity contribution < 1.29 is 4.74 Å². The van der Waals surface area contributed by atoms with Gasteiger partial charge in [-0.2, -0.15) is 5.26 Å². The lowest BCUT2D eigenvalue weighted by atomic mass is 9.98. The van der Waals surface area contributed by atoms with Crippen molar-refractivity contribution in [2.45, 2.75) is 38.2 Å². The molecule has 0 atom stereocenters. The predicted octanol–water partition coefficient (Wildman–Crippen LogP) is 3.32. The van der Waals surface area contributed by atoms with Gasteiger partial charge < -0.3 is 4.74 Å². The molecule has 1 fully saturated rings. The van der Waals surface area contributed by atoms with Gasteiger partial charge in [0, 0.05) is 6.20 Å². The summed E-state index contributed by atoms with van der Waals surface area (Å²) in [5, 5.41) is 9.16. The Hall–Kier alpha value is -1.27. The highest BCUT2D eigenvalue weighted by molar-refractivity contribution is 6.32. The zero-order chi connectivity index (χ0) is 11.4. The number of aromatic nitrogens is 1. The molecule has 0 spiro atoms. The van der Waals surface area contributed by atoms with E-state index in [1.807, 2.05) is 6.07 Å². The maximum absolute atomic E-state index is 8.83. The van der Waals surface area contributed by atoms with Crippen molar-refractivity contribution in [2.75, 3.05) is 0 Å². The number of hydrogen-bond acceptors (Lipinski definition) is 3. The van der Waals surface area contributed by atoms with E-state index in [4.69, 9.17) is 21.6 Å². The Kier molecular flexibility index (Phi) is 3.63. The Bertz CT molecular complexity index is 408. The van der Waals surface area contributed by atoms with Crippen LogP contribution >= 0.6 is 11.6 Å². The zero-order valence-corrected chi connectivity index (χ0v) is 9.70. The lowest BCUT2D eigenvalue weighted by Crippen LogP contribution is -2.20. The fraction of sp³-hybridized carbons (Fsp3) is 0.500. The van der Waals surface area contributed by atoms with Crippen LogP contribution in [0.25, 0.3) is 0 Å². The van der Waals surface area contributed by atoms with E-state index in [-0.39, 0.29) is 6.10 Å². The van der Waals surface area contributed by atoms with E-state index in [1.54, 1.807) is 12.3 Å².